The first-order valence-corrected chi connectivity index (χ1v) is 11.0. The van der Waals surface area contributed by atoms with Crippen LogP contribution in [0.25, 0.3) is 5.65 Å². The summed E-state index contributed by atoms with van der Waals surface area (Å²) in [5, 5.41) is 8.49. The van der Waals surface area contributed by atoms with Crippen LogP contribution in [0.4, 0.5) is 5.69 Å². The van der Waals surface area contributed by atoms with Gasteiger partial charge >= 0.3 is 0 Å². The monoisotopic (exact) mass is 398 g/mol. The van der Waals surface area contributed by atoms with Crippen LogP contribution in [0, 0.1) is 0 Å². The van der Waals surface area contributed by atoms with E-state index >= 15 is 0 Å². The number of nitrogens with one attached hydrogen (secondary N) is 1. The van der Waals surface area contributed by atoms with Gasteiger partial charge in [0, 0.05) is 18.5 Å². The van der Waals surface area contributed by atoms with E-state index in [9.17, 15) is 8.42 Å². The minimum atomic E-state index is -3.79. The molecular formula is C20H22N4O3S. The second-order valence-electron chi connectivity index (χ2n) is 8.22. The molecule has 0 saturated heterocycles. The Bertz CT molecular complexity index is 1180. The van der Waals surface area contributed by atoms with Crippen molar-refractivity contribution in [3.8, 4) is 5.75 Å². The van der Waals surface area contributed by atoms with Crippen molar-refractivity contribution in [2.75, 3.05) is 4.72 Å². The molecule has 28 heavy (non-hydrogen) atoms. The number of rotatable bonds is 4. The molecule has 1 aliphatic heterocycles. The normalized spacial score (nSPS) is 18.5. The number of aromatic nitrogens is 3. The Morgan fingerprint density at radius 1 is 1.18 bits per heavy atom. The van der Waals surface area contributed by atoms with Gasteiger partial charge in [0.1, 0.15) is 22.1 Å². The van der Waals surface area contributed by atoms with E-state index in [2.05, 4.69) is 14.9 Å². The summed E-state index contributed by atoms with van der Waals surface area (Å²) >= 11 is 0. The highest BCUT2D eigenvalue weighted by molar-refractivity contribution is 7.92. The van der Waals surface area contributed by atoms with Gasteiger partial charge < -0.3 is 4.74 Å². The highest BCUT2D eigenvalue weighted by Gasteiger charge is 2.35. The van der Waals surface area contributed by atoms with Gasteiger partial charge in [0.15, 0.2) is 5.65 Å². The van der Waals surface area contributed by atoms with E-state index in [0.29, 0.717) is 23.8 Å². The average molecular weight is 398 g/mol. The number of sulfonamides is 1. The van der Waals surface area contributed by atoms with Crippen LogP contribution in [0.3, 0.4) is 0 Å². The van der Waals surface area contributed by atoms with Crippen molar-refractivity contribution in [2.45, 2.75) is 55.9 Å². The lowest BCUT2D eigenvalue weighted by Gasteiger charge is -2.23. The van der Waals surface area contributed by atoms with Gasteiger partial charge in [0.25, 0.3) is 10.0 Å². The first-order valence-electron chi connectivity index (χ1n) is 9.51. The maximum atomic E-state index is 13.1. The number of anilines is 1. The molecule has 0 radical (unpaired) electrons. The third kappa shape index (κ3) is 2.83. The lowest BCUT2D eigenvalue weighted by Crippen LogP contribution is -2.25. The van der Waals surface area contributed by atoms with Gasteiger partial charge in [-0.3, -0.25) is 9.12 Å². The standard InChI is InChI=1S/C20H22N4O3S/c1-20(2)11-14-7-4-8-16(18(14)27-20)28(25,26)23-15-9-10-17-21-22-19(24(17)12-15)13-5-3-6-13/h4,7-10,12-13,23H,3,5-6,11H2,1-2H3. The maximum Gasteiger partial charge on any atom is 0.265 e. The van der Waals surface area contributed by atoms with E-state index in [1.54, 1.807) is 30.5 Å². The zero-order chi connectivity index (χ0) is 19.5. The van der Waals surface area contributed by atoms with Crippen LogP contribution in [0.15, 0.2) is 41.4 Å². The molecule has 7 nitrogen and oxygen atoms in total. The maximum absolute atomic E-state index is 13.1. The SMILES string of the molecule is CC1(C)Cc2cccc(S(=O)(=O)Nc3ccc4nnc(C5CCC5)n4c3)c2O1. The molecule has 5 rings (SSSR count). The van der Waals surface area contributed by atoms with E-state index < -0.39 is 15.6 Å². The second kappa shape index (κ2) is 5.94. The molecule has 8 heteroatoms. The third-order valence-electron chi connectivity index (χ3n) is 5.50. The quantitative estimate of drug-likeness (QED) is 0.727. The van der Waals surface area contributed by atoms with Crippen LogP contribution in [0.5, 0.6) is 5.75 Å². The number of benzene rings is 1. The molecule has 1 N–H and O–H groups in total. The fourth-order valence-corrected chi connectivity index (χ4v) is 5.14. The molecule has 0 bridgehead atoms. The summed E-state index contributed by atoms with van der Waals surface area (Å²) in [7, 11) is -3.79. The van der Waals surface area contributed by atoms with E-state index in [0.717, 1.165) is 29.9 Å². The molecule has 2 aliphatic rings. The molecular weight excluding hydrogens is 376 g/mol. The molecule has 3 aromatic rings. The summed E-state index contributed by atoms with van der Waals surface area (Å²) in [5.41, 5.74) is 1.69. The van der Waals surface area contributed by atoms with Gasteiger partial charge in [-0.15, -0.1) is 10.2 Å². The minimum absolute atomic E-state index is 0.165. The Labute approximate surface area is 163 Å². The fraction of sp³-hybridized carbons (Fsp3) is 0.400. The van der Waals surface area contributed by atoms with Crippen molar-refractivity contribution in [1.29, 1.82) is 0 Å². The predicted octanol–water partition coefficient (Wildman–Crippen LogP) is 3.51. The molecule has 0 amide bonds. The van der Waals surface area contributed by atoms with E-state index in [-0.39, 0.29) is 4.90 Å². The van der Waals surface area contributed by atoms with Crippen molar-refractivity contribution in [2.24, 2.45) is 0 Å². The Balaban J connectivity index is 1.50. The van der Waals surface area contributed by atoms with Crippen LogP contribution in [0.1, 0.15) is 50.4 Å². The largest absolute Gasteiger partial charge is 0.486 e. The van der Waals surface area contributed by atoms with Crippen molar-refractivity contribution < 1.29 is 13.2 Å². The highest BCUT2D eigenvalue weighted by atomic mass is 32.2. The zero-order valence-corrected chi connectivity index (χ0v) is 16.7. The summed E-state index contributed by atoms with van der Waals surface area (Å²) < 4.78 is 36.7. The smallest absolute Gasteiger partial charge is 0.265 e. The Morgan fingerprint density at radius 2 is 2.00 bits per heavy atom. The van der Waals surface area contributed by atoms with Crippen molar-refractivity contribution in [3.05, 3.63) is 47.9 Å². The predicted molar refractivity (Wildman–Crippen MR) is 105 cm³/mol. The molecule has 2 aromatic heterocycles. The number of nitrogens with zero attached hydrogens (tertiary/aromatic N) is 3. The summed E-state index contributed by atoms with van der Waals surface area (Å²) in [6.07, 6.45) is 5.83. The molecule has 1 aliphatic carbocycles. The summed E-state index contributed by atoms with van der Waals surface area (Å²) in [6.45, 7) is 3.91. The van der Waals surface area contributed by atoms with Gasteiger partial charge in [0.05, 0.1) is 5.69 Å². The number of hydrogen-bond acceptors (Lipinski definition) is 5. The Kier molecular flexibility index (Phi) is 3.71. The Morgan fingerprint density at radius 3 is 2.75 bits per heavy atom. The summed E-state index contributed by atoms with van der Waals surface area (Å²) in [5.74, 6) is 1.74. The molecule has 1 aromatic carbocycles. The number of pyridine rings is 1. The van der Waals surface area contributed by atoms with Gasteiger partial charge in [-0.25, -0.2) is 8.42 Å². The van der Waals surface area contributed by atoms with Crippen LogP contribution in [-0.4, -0.2) is 28.6 Å². The van der Waals surface area contributed by atoms with Crippen molar-refractivity contribution in [1.82, 2.24) is 14.6 Å². The molecule has 146 valence electrons. The van der Waals surface area contributed by atoms with E-state index in [1.807, 2.05) is 24.3 Å². The lowest BCUT2D eigenvalue weighted by molar-refractivity contribution is 0.135. The lowest BCUT2D eigenvalue weighted by atomic mass is 9.85. The molecule has 0 atom stereocenters. The molecule has 0 unspecified atom stereocenters. The topological polar surface area (TPSA) is 85.6 Å². The number of hydrogen-bond donors (Lipinski definition) is 1. The number of para-hydroxylation sites is 1. The van der Waals surface area contributed by atoms with E-state index in [4.69, 9.17) is 4.74 Å². The summed E-state index contributed by atoms with van der Waals surface area (Å²) in [4.78, 5) is 0.165. The highest BCUT2D eigenvalue weighted by Crippen LogP contribution is 2.40. The number of ether oxygens (including phenoxy) is 1. The summed E-state index contributed by atoms with van der Waals surface area (Å²) in [6, 6.07) is 8.74. The molecule has 1 fully saturated rings. The van der Waals surface area contributed by atoms with Gasteiger partial charge in [-0.1, -0.05) is 18.6 Å². The molecule has 3 heterocycles. The molecule has 1 saturated carbocycles. The van der Waals surface area contributed by atoms with Crippen LogP contribution in [0.2, 0.25) is 0 Å². The van der Waals surface area contributed by atoms with Crippen molar-refractivity contribution in [3.63, 3.8) is 0 Å². The van der Waals surface area contributed by atoms with Crippen LogP contribution < -0.4 is 9.46 Å². The second-order valence-corrected chi connectivity index (χ2v) is 9.87. The first-order chi connectivity index (χ1) is 13.3. The molecule has 0 spiro atoms. The van der Waals surface area contributed by atoms with Crippen LogP contribution in [-0.2, 0) is 16.4 Å². The average Bonchev–Trinajstić information content (AvgIpc) is 3.11. The van der Waals surface area contributed by atoms with Gasteiger partial charge in [-0.05, 0) is 50.5 Å². The fourth-order valence-electron chi connectivity index (χ4n) is 3.92. The van der Waals surface area contributed by atoms with E-state index in [1.165, 1.54) is 6.42 Å². The van der Waals surface area contributed by atoms with Gasteiger partial charge in [-0.2, -0.15) is 0 Å². The zero-order valence-electron chi connectivity index (χ0n) is 15.8. The van der Waals surface area contributed by atoms with Crippen molar-refractivity contribution >= 4 is 21.4 Å². The number of fused-ring (bicyclic) bond motifs is 2. The van der Waals surface area contributed by atoms with Gasteiger partial charge in [0.2, 0.25) is 0 Å². The minimum Gasteiger partial charge on any atom is -0.486 e. The third-order valence-corrected chi connectivity index (χ3v) is 6.90. The first kappa shape index (κ1) is 17.5. The van der Waals surface area contributed by atoms with Crippen LogP contribution >= 0.6 is 0 Å². The Hall–Kier alpha value is -2.61.